The van der Waals surface area contributed by atoms with Gasteiger partial charge in [-0.2, -0.15) is 0 Å². The highest BCUT2D eigenvalue weighted by atomic mass is 16.5. The fraction of sp³-hybridized carbons (Fsp3) is 0.476. The van der Waals surface area contributed by atoms with Crippen LogP contribution >= 0.6 is 0 Å². The van der Waals surface area contributed by atoms with E-state index in [1.165, 1.54) is 5.56 Å². The second-order valence-electron chi connectivity index (χ2n) is 8.19. The van der Waals surface area contributed by atoms with E-state index < -0.39 is 0 Å². The van der Waals surface area contributed by atoms with Crippen molar-refractivity contribution in [2.45, 2.75) is 52.0 Å². The number of rotatable bonds is 3. The van der Waals surface area contributed by atoms with Crippen LogP contribution in [0.25, 0.3) is 0 Å². The van der Waals surface area contributed by atoms with Gasteiger partial charge in [-0.25, -0.2) is 0 Å². The summed E-state index contributed by atoms with van der Waals surface area (Å²) in [6.45, 7) is 9.41. The number of nitrogens with one attached hydrogen (secondary N) is 1. The standard InChI is InChI=1S/C21H27N3O3/c1-14-13-18(23-27-14)20(26)24-11-9-17(10-12-24)22-19(25)15-5-7-16(8-6-15)21(2,3)4/h5-8,13,17H,9-12H2,1-4H3,(H,22,25). The van der Waals surface area contributed by atoms with Gasteiger partial charge in [0.15, 0.2) is 5.69 Å². The van der Waals surface area contributed by atoms with Crippen LogP contribution in [0.3, 0.4) is 0 Å². The monoisotopic (exact) mass is 369 g/mol. The van der Waals surface area contributed by atoms with Crippen molar-refractivity contribution in [1.29, 1.82) is 0 Å². The normalized spacial score (nSPS) is 15.6. The Morgan fingerprint density at radius 1 is 1.15 bits per heavy atom. The van der Waals surface area contributed by atoms with Crippen molar-refractivity contribution in [2.75, 3.05) is 13.1 Å². The molecule has 6 heteroatoms. The fourth-order valence-corrected chi connectivity index (χ4v) is 3.25. The van der Waals surface area contributed by atoms with E-state index >= 15 is 0 Å². The van der Waals surface area contributed by atoms with E-state index in [4.69, 9.17) is 4.52 Å². The molecule has 2 heterocycles. The summed E-state index contributed by atoms with van der Waals surface area (Å²) in [6.07, 6.45) is 1.46. The van der Waals surface area contributed by atoms with Crippen LogP contribution in [0.15, 0.2) is 34.9 Å². The molecule has 1 aromatic carbocycles. The summed E-state index contributed by atoms with van der Waals surface area (Å²) in [6, 6.07) is 9.50. The lowest BCUT2D eigenvalue weighted by Gasteiger charge is -2.32. The zero-order chi connectivity index (χ0) is 19.6. The van der Waals surface area contributed by atoms with E-state index in [0.717, 1.165) is 12.8 Å². The molecule has 27 heavy (non-hydrogen) atoms. The molecule has 1 aliphatic rings. The Morgan fingerprint density at radius 2 is 1.78 bits per heavy atom. The molecule has 0 radical (unpaired) electrons. The van der Waals surface area contributed by atoms with Crippen molar-refractivity contribution in [3.63, 3.8) is 0 Å². The number of likely N-dealkylation sites (tertiary alicyclic amines) is 1. The minimum atomic E-state index is -0.116. The van der Waals surface area contributed by atoms with Gasteiger partial charge in [0, 0.05) is 30.8 Å². The smallest absolute Gasteiger partial charge is 0.276 e. The molecule has 0 spiro atoms. The third-order valence-corrected chi connectivity index (χ3v) is 4.98. The average molecular weight is 369 g/mol. The molecule has 3 rings (SSSR count). The molecule has 0 aliphatic carbocycles. The Morgan fingerprint density at radius 3 is 2.30 bits per heavy atom. The van der Waals surface area contributed by atoms with Gasteiger partial charge in [0.25, 0.3) is 11.8 Å². The van der Waals surface area contributed by atoms with Gasteiger partial charge in [-0.05, 0) is 42.9 Å². The number of carbonyl (C=O) groups excluding carboxylic acids is 2. The van der Waals surface area contributed by atoms with Crippen molar-refractivity contribution >= 4 is 11.8 Å². The molecule has 0 bridgehead atoms. The maximum Gasteiger partial charge on any atom is 0.276 e. The number of hydrogen-bond acceptors (Lipinski definition) is 4. The highest BCUT2D eigenvalue weighted by molar-refractivity contribution is 5.94. The van der Waals surface area contributed by atoms with E-state index in [1.54, 1.807) is 17.9 Å². The second-order valence-corrected chi connectivity index (χ2v) is 8.19. The summed E-state index contributed by atoms with van der Waals surface area (Å²) in [4.78, 5) is 26.7. The van der Waals surface area contributed by atoms with Gasteiger partial charge in [-0.3, -0.25) is 9.59 Å². The van der Waals surface area contributed by atoms with Crippen molar-refractivity contribution < 1.29 is 14.1 Å². The zero-order valence-electron chi connectivity index (χ0n) is 16.4. The minimum Gasteiger partial charge on any atom is -0.361 e. The lowest BCUT2D eigenvalue weighted by atomic mass is 9.86. The zero-order valence-corrected chi connectivity index (χ0v) is 16.4. The third-order valence-electron chi connectivity index (χ3n) is 4.98. The van der Waals surface area contributed by atoms with Crippen LogP contribution in [0.2, 0.25) is 0 Å². The summed E-state index contributed by atoms with van der Waals surface area (Å²) in [5.74, 6) is 0.444. The lowest BCUT2D eigenvalue weighted by molar-refractivity contribution is 0.0688. The predicted molar refractivity (Wildman–Crippen MR) is 103 cm³/mol. The van der Waals surface area contributed by atoms with Crippen molar-refractivity contribution in [2.24, 2.45) is 0 Å². The number of benzene rings is 1. The van der Waals surface area contributed by atoms with Gasteiger partial charge in [0.1, 0.15) is 5.76 Å². The van der Waals surface area contributed by atoms with Gasteiger partial charge in [-0.1, -0.05) is 38.1 Å². The van der Waals surface area contributed by atoms with Crippen molar-refractivity contribution in [1.82, 2.24) is 15.4 Å². The molecule has 6 nitrogen and oxygen atoms in total. The molecule has 1 aliphatic heterocycles. The summed E-state index contributed by atoms with van der Waals surface area (Å²) < 4.78 is 4.97. The summed E-state index contributed by atoms with van der Waals surface area (Å²) in [7, 11) is 0. The number of amides is 2. The van der Waals surface area contributed by atoms with Gasteiger partial charge < -0.3 is 14.7 Å². The molecule has 1 aromatic heterocycles. The number of aromatic nitrogens is 1. The summed E-state index contributed by atoms with van der Waals surface area (Å²) in [5.41, 5.74) is 2.28. The van der Waals surface area contributed by atoms with Gasteiger partial charge in [0.2, 0.25) is 0 Å². The number of carbonyl (C=O) groups is 2. The highest BCUT2D eigenvalue weighted by Crippen LogP contribution is 2.22. The summed E-state index contributed by atoms with van der Waals surface area (Å²) >= 11 is 0. The highest BCUT2D eigenvalue weighted by Gasteiger charge is 2.26. The van der Waals surface area contributed by atoms with E-state index in [1.807, 2.05) is 24.3 Å². The van der Waals surface area contributed by atoms with E-state index in [2.05, 4.69) is 31.2 Å². The first kappa shape index (κ1) is 19.1. The minimum absolute atomic E-state index is 0.0626. The molecular formula is C21H27N3O3. The molecule has 2 amide bonds. The SMILES string of the molecule is Cc1cc(C(=O)N2CCC(NC(=O)c3ccc(C(C)(C)C)cc3)CC2)no1. The Bertz CT molecular complexity index is 810. The van der Waals surface area contributed by atoms with E-state index in [0.29, 0.717) is 30.1 Å². The van der Waals surface area contributed by atoms with Crippen molar-refractivity contribution in [3.05, 3.63) is 52.9 Å². The van der Waals surface area contributed by atoms with Crippen molar-refractivity contribution in [3.8, 4) is 0 Å². The quantitative estimate of drug-likeness (QED) is 0.901. The molecule has 1 N–H and O–H groups in total. The Hall–Kier alpha value is -2.63. The van der Waals surface area contributed by atoms with Crippen LogP contribution in [0.5, 0.6) is 0 Å². The van der Waals surface area contributed by atoms with E-state index in [9.17, 15) is 9.59 Å². The molecule has 1 saturated heterocycles. The summed E-state index contributed by atoms with van der Waals surface area (Å²) in [5, 5.41) is 6.87. The molecule has 0 saturated carbocycles. The number of hydrogen-bond donors (Lipinski definition) is 1. The largest absolute Gasteiger partial charge is 0.361 e. The molecule has 0 unspecified atom stereocenters. The second kappa shape index (κ2) is 7.55. The first-order valence-corrected chi connectivity index (χ1v) is 9.38. The van der Waals surface area contributed by atoms with Gasteiger partial charge in [0.05, 0.1) is 0 Å². The lowest BCUT2D eigenvalue weighted by Crippen LogP contribution is -2.46. The Labute approximate surface area is 159 Å². The van der Waals surface area contributed by atoms with Crippen LogP contribution in [0.1, 0.15) is 65.8 Å². The van der Waals surface area contributed by atoms with Crippen LogP contribution < -0.4 is 5.32 Å². The molecule has 1 fully saturated rings. The maximum atomic E-state index is 12.5. The molecule has 144 valence electrons. The Balaban J connectivity index is 1.53. The van der Waals surface area contributed by atoms with Gasteiger partial charge in [-0.15, -0.1) is 0 Å². The third kappa shape index (κ3) is 4.56. The van der Waals surface area contributed by atoms with Gasteiger partial charge >= 0.3 is 0 Å². The number of aryl methyl sites for hydroxylation is 1. The average Bonchev–Trinajstić information content (AvgIpc) is 3.07. The van der Waals surface area contributed by atoms with Crippen LogP contribution in [0.4, 0.5) is 0 Å². The first-order chi connectivity index (χ1) is 12.7. The topological polar surface area (TPSA) is 75.4 Å². The molecular weight excluding hydrogens is 342 g/mol. The van der Waals surface area contributed by atoms with E-state index in [-0.39, 0.29) is 23.3 Å². The van der Waals surface area contributed by atoms with Crippen LogP contribution in [-0.4, -0.2) is 41.0 Å². The maximum absolute atomic E-state index is 12.5. The fourth-order valence-electron chi connectivity index (χ4n) is 3.25. The number of nitrogens with zero attached hydrogens (tertiary/aromatic N) is 2. The predicted octanol–water partition coefficient (Wildman–Crippen LogP) is 3.32. The number of piperidine rings is 1. The molecule has 2 aromatic rings. The Kier molecular flexibility index (Phi) is 5.35. The molecule has 0 atom stereocenters. The first-order valence-electron chi connectivity index (χ1n) is 9.38. The van der Waals surface area contributed by atoms with Crippen LogP contribution in [-0.2, 0) is 5.41 Å². The van der Waals surface area contributed by atoms with Crippen LogP contribution in [0, 0.1) is 6.92 Å².